The zero-order chi connectivity index (χ0) is 45.1. The molecule has 7 aromatic rings. The molecule has 4 aromatic carbocycles. The van der Waals surface area contributed by atoms with Crippen molar-refractivity contribution in [3.8, 4) is 11.3 Å². The van der Waals surface area contributed by atoms with Gasteiger partial charge in [-0.25, -0.2) is 4.79 Å². The molecule has 0 N–H and O–H groups in total. The fourth-order valence-electron chi connectivity index (χ4n) is 7.78. The van der Waals surface area contributed by atoms with Gasteiger partial charge in [0, 0.05) is 54.8 Å². The molecule has 7 rings (SSSR count). The Labute approximate surface area is 374 Å². The zero-order valence-corrected chi connectivity index (χ0v) is 39.0. The molecule has 0 spiro atoms. The van der Waals surface area contributed by atoms with Crippen LogP contribution >= 0.6 is 0 Å². The molecule has 0 saturated heterocycles. The summed E-state index contributed by atoms with van der Waals surface area (Å²) < 4.78 is 12.6. The molecule has 0 saturated carbocycles. The number of benzene rings is 4. The number of hydrogen-bond acceptors (Lipinski definition) is 10. The molecule has 3 aromatic heterocycles. The van der Waals surface area contributed by atoms with Gasteiger partial charge in [-0.1, -0.05) is 155 Å². The van der Waals surface area contributed by atoms with Gasteiger partial charge in [0.25, 0.3) is 0 Å². The highest BCUT2D eigenvalue weighted by Crippen LogP contribution is 2.28. The zero-order valence-electron chi connectivity index (χ0n) is 39.0. The highest BCUT2D eigenvalue weighted by molar-refractivity contribution is 5.92. The molecule has 334 valence electrons. The summed E-state index contributed by atoms with van der Waals surface area (Å²) in [6.07, 6.45) is 3.58. The second kappa shape index (κ2) is 24.8. The molecule has 0 aliphatic rings. The lowest BCUT2D eigenvalue weighted by molar-refractivity contribution is 0.286. The number of hydrogen-bond donors (Lipinski definition) is 0. The van der Waals surface area contributed by atoms with E-state index in [2.05, 4.69) is 143 Å². The first kappa shape index (κ1) is 48.3. The fourth-order valence-corrected chi connectivity index (χ4v) is 7.78. The normalized spacial score (nSPS) is 12.3. The predicted octanol–water partition coefficient (Wildman–Crippen LogP) is 10.9. The first-order valence-electron chi connectivity index (χ1n) is 22.9. The molecule has 0 amide bonds. The molecule has 0 fully saturated rings. The van der Waals surface area contributed by atoms with Crippen molar-refractivity contribution in [3.63, 3.8) is 0 Å². The molecule has 11 nitrogen and oxygen atoms in total. The van der Waals surface area contributed by atoms with E-state index < -0.39 is 0 Å². The predicted molar refractivity (Wildman–Crippen MR) is 255 cm³/mol. The van der Waals surface area contributed by atoms with E-state index in [-0.39, 0.29) is 23.6 Å². The first-order chi connectivity index (χ1) is 30.6. The van der Waals surface area contributed by atoms with Gasteiger partial charge >= 0.3 is 5.69 Å². The third-order valence-electron chi connectivity index (χ3n) is 11.5. The van der Waals surface area contributed by atoms with Gasteiger partial charge in [-0.05, 0) is 82.5 Å². The highest BCUT2D eigenvalue weighted by Gasteiger charge is 2.20. The van der Waals surface area contributed by atoms with Crippen molar-refractivity contribution in [1.29, 1.82) is 0 Å². The van der Waals surface area contributed by atoms with Crippen LogP contribution in [0.3, 0.4) is 0 Å². The SMILES string of the molecule is CCC(c1ccccc1)c1noc(CCN(CC)CC)n1.CCC(c1ccccc1)c1noc(CCN(CC)CC)n1.Cc1ccc2c(-c3ccccc3)nc(=O)n(C(C)C)c2c1. The van der Waals surface area contributed by atoms with Crippen molar-refractivity contribution in [2.45, 2.75) is 106 Å². The maximum absolute atomic E-state index is 12.4. The molecule has 63 heavy (non-hydrogen) atoms. The van der Waals surface area contributed by atoms with E-state index in [0.29, 0.717) is 0 Å². The van der Waals surface area contributed by atoms with Crippen LogP contribution in [0.4, 0.5) is 0 Å². The summed E-state index contributed by atoms with van der Waals surface area (Å²) in [4.78, 5) is 30.7. The summed E-state index contributed by atoms with van der Waals surface area (Å²) in [7, 11) is 0. The maximum Gasteiger partial charge on any atom is 0.348 e. The minimum atomic E-state index is -0.193. The molecular weight excluding hydrogens is 785 g/mol. The lowest BCUT2D eigenvalue weighted by Crippen LogP contribution is -2.25. The number of rotatable bonds is 18. The maximum atomic E-state index is 12.4. The second-order valence-electron chi connectivity index (χ2n) is 16.0. The third-order valence-corrected chi connectivity index (χ3v) is 11.5. The molecule has 0 aliphatic carbocycles. The van der Waals surface area contributed by atoms with Crippen LogP contribution in [0.15, 0.2) is 123 Å². The van der Waals surface area contributed by atoms with E-state index >= 15 is 0 Å². The average molecular weight is 853 g/mol. The van der Waals surface area contributed by atoms with Gasteiger partial charge in [-0.15, -0.1) is 0 Å². The van der Waals surface area contributed by atoms with Crippen LogP contribution in [-0.2, 0) is 12.8 Å². The van der Waals surface area contributed by atoms with Crippen LogP contribution < -0.4 is 5.69 Å². The molecule has 2 atom stereocenters. The number of fused-ring (bicyclic) bond motifs is 1. The van der Waals surface area contributed by atoms with Crippen molar-refractivity contribution >= 4 is 10.9 Å². The lowest BCUT2D eigenvalue weighted by atomic mass is 9.96. The number of aromatic nitrogens is 6. The van der Waals surface area contributed by atoms with E-state index in [1.54, 1.807) is 4.57 Å². The Morgan fingerprint density at radius 2 is 1.03 bits per heavy atom. The van der Waals surface area contributed by atoms with E-state index in [0.717, 1.165) is 116 Å². The fraction of sp³-hybridized carbons (Fsp3) is 0.423. The monoisotopic (exact) mass is 853 g/mol. The van der Waals surface area contributed by atoms with Crippen LogP contribution in [-0.4, -0.2) is 78.9 Å². The minimum absolute atomic E-state index is 0.0825. The summed E-state index contributed by atoms with van der Waals surface area (Å²) in [6.45, 7) is 25.2. The Kier molecular flexibility index (Phi) is 19.0. The van der Waals surface area contributed by atoms with E-state index in [4.69, 9.17) is 9.05 Å². The van der Waals surface area contributed by atoms with Crippen molar-refractivity contribution in [3.05, 3.63) is 160 Å². The number of likely N-dealkylation sites (N-methyl/N-ethyl adjacent to an activating group) is 2. The van der Waals surface area contributed by atoms with E-state index in [1.165, 1.54) is 11.1 Å². The lowest BCUT2D eigenvalue weighted by Gasteiger charge is -2.16. The second-order valence-corrected chi connectivity index (χ2v) is 16.0. The first-order valence-corrected chi connectivity index (χ1v) is 22.9. The van der Waals surface area contributed by atoms with Crippen molar-refractivity contribution in [2.24, 2.45) is 0 Å². The largest absolute Gasteiger partial charge is 0.348 e. The Hall–Kier alpha value is -5.78. The van der Waals surface area contributed by atoms with E-state index in [1.807, 2.05) is 63.2 Å². The standard InChI is InChI=1S/C18H18N2O.2C17H25N3O/c1-12(2)20-16-11-13(3)9-10-15(16)17(19-18(20)21)14-7-5-4-6-8-14;2*1-4-15(14-10-8-7-9-11-14)17-18-16(21-19-17)12-13-20(5-2)6-3/h4-12H,1-3H3;2*7-11,15H,4-6,12-13H2,1-3H3. The van der Waals surface area contributed by atoms with Crippen LogP contribution in [0.1, 0.15) is 126 Å². The Bertz CT molecular complexity index is 2320. The topological polar surface area (TPSA) is 119 Å². The molecule has 0 bridgehead atoms. The summed E-state index contributed by atoms with van der Waals surface area (Å²) in [5.41, 5.74) is 6.12. The highest BCUT2D eigenvalue weighted by atomic mass is 16.5. The third kappa shape index (κ3) is 13.4. The van der Waals surface area contributed by atoms with Gasteiger partial charge in [-0.2, -0.15) is 15.0 Å². The van der Waals surface area contributed by atoms with Gasteiger partial charge in [-0.3, -0.25) is 4.57 Å². The average Bonchev–Trinajstić information content (AvgIpc) is 3.99. The van der Waals surface area contributed by atoms with Gasteiger partial charge in [0.1, 0.15) is 0 Å². The molecule has 0 aliphatic heterocycles. The van der Waals surface area contributed by atoms with Gasteiger partial charge < -0.3 is 18.8 Å². The van der Waals surface area contributed by atoms with Crippen molar-refractivity contribution in [1.82, 2.24) is 39.6 Å². The molecule has 2 unspecified atom stereocenters. The Morgan fingerprint density at radius 1 is 0.587 bits per heavy atom. The smallest absolute Gasteiger partial charge is 0.339 e. The van der Waals surface area contributed by atoms with Gasteiger partial charge in [0.05, 0.1) is 11.2 Å². The summed E-state index contributed by atoms with van der Waals surface area (Å²) in [5.74, 6) is 3.53. The van der Waals surface area contributed by atoms with Crippen LogP contribution in [0, 0.1) is 6.92 Å². The van der Waals surface area contributed by atoms with Crippen LogP contribution in [0.5, 0.6) is 0 Å². The minimum Gasteiger partial charge on any atom is -0.339 e. The van der Waals surface area contributed by atoms with Gasteiger partial charge in [0.15, 0.2) is 11.6 Å². The Morgan fingerprint density at radius 3 is 1.44 bits per heavy atom. The van der Waals surface area contributed by atoms with E-state index in [9.17, 15) is 4.79 Å². The quantitative estimate of drug-likeness (QED) is 0.0825. The molecule has 0 radical (unpaired) electrons. The number of aryl methyl sites for hydroxylation is 1. The van der Waals surface area contributed by atoms with Crippen LogP contribution in [0.2, 0.25) is 0 Å². The van der Waals surface area contributed by atoms with Gasteiger partial charge in [0.2, 0.25) is 11.8 Å². The van der Waals surface area contributed by atoms with Crippen molar-refractivity contribution in [2.75, 3.05) is 39.3 Å². The molecule has 11 heteroatoms. The summed E-state index contributed by atoms with van der Waals surface area (Å²) in [5, 5.41) is 9.39. The molecule has 3 heterocycles. The van der Waals surface area contributed by atoms with Crippen molar-refractivity contribution < 1.29 is 9.05 Å². The Balaban J connectivity index is 0.000000178. The number of nitrogens with zero attached hydrogens (tertiary/aromatic N) is 8. The molecular formula is C52H68N8O3. The summed E-state index contributed by atoms with van der Waals surface area (Å²) in [6, 6.07) is 36.9. The van der Waals surface area contributed by atoms with Crippen LogP contribution in [0.25, 0.3) is 22.2 Å². The summed E-state index contributed by atoms with van der Waals surface area (Å²) >= 11 is 0.